The van der Waals surface area contributed by atoms with Gasteiger partial charge in [-0.3, -0.25) is 4.79 Å². The SMILES string of the molecule is CCc1ccc(NC(=O)COc2ccc(C(=S)N3CCCCC3)cc2OC)cc1. The molecule has 1 saturated heterocycles. The lowest BCUT2D eigenvalue weighted by Crippen LogP contribution is -2.34. The largest absolute Gasteiger partial charge is 0.493 e. The predicted octanol–water partition coefficient (Wildman–Crippen LogP) is 4.44. The van der Waals surface area contributed by atoms with Crippen LogP contribution in [0.2, 0.25) is 0 Å². The van der Waals surface area contributed by atoms with E-state index >= 15 is 0 Å². The number of amides is 1. The van der Waals surface area contributed by atoms with Gasteiger partial charge in [0.1, 0.15) is 4.99 Å². The number of hydrogen-bond donors (Lipinski definition) is 1. The first-order valence-corrected chi connectivity index (χ1v) is 10.5. The molecule has 0 atom stereocenters. The number of aryl methyl sites for hydroxylation is 1. The number of piperidine rings is 1. The maximum absolute atomic E-state index is 12.2. The molecule has 1 heterocycles. The quantitative estimate of drug-likeness (QED) is 0.682. The molecule has 0 aromatic heterocycles. The standard InChI is InChI=1S/C23H28N2O3S/c1-3-17-7-10-19(11-8-17)24-22(26)16-28-20-12-9-18(15-21(20)27-2)23(29)25-13-5-4-6-14-25/h7-12,15H,3-6,13-14,16H2,1-2H3,(H,24,26). The fourth-order valence-electron chi connectivity index (χ4n) is 3.36. The van der Waals surface area contributed by atoms with Gasteiger partial charge in [-0.25, -0.2) is 0 Å². The molecule has 0 saturated carbocycles. The molecule has 0 bridgehead atoms. The Kier molecular flexibility index (Phi) is 7.47. The Hall–Kier alpha value is -2.60. The molecule has 5 nitrogen and oxygen atoms in total. The first-order chi connectivity index (χ1) is 14.1. The molecule has 154 valence electrons. The summed E-state index contributed by atoms with van der Waals surface area (Å²) >= 11 is 5.65. The second-order valence-corrected chi connectivity index (χ2v) is 7.49. The minimum atomic E-state index is -0.218. The third kappa shape index (κ3) is 5.70. The van der Waals surface area contributed by atoms with Crippen molar-refractivity contribution in [1.82, 2.24) is 4.90 Å². The van der Waals surface area contributed by atoms with Crippen LogP contribution >= 0.6 is 12.2 Å². The summed E-state index contributed by atoms with van der Waals surface area (Å²) in [5.74, 6) is 0.875. The molecule has 29 heavy (non-hydrogen) atoms. The van der Waals surface area contributed by atoms with Crippen molar-refractivity contribution < 1.29 is 14.3 Å². The van der Waals surface area contributed by atoms with Gasteiger partial charge in [0.05, 0.1) is 7.11 Å². The maximum atomic E-state index is 12.2. The van der Waals surface area contributed by atoms with Crippen LogP contribution in [0.5, 0.6) is 11.5 Å². The summed E-state index contributed by atoms with van der Waals surface area (Å²) in [4.78, 5) is 15.3. The zero-order valence-corrected chi connectivity index (χ0v) is 17.9. The highest BCUT2D eigenvalue weighted by Crippen LogP contribution is 2.29. The van der Waals surface area contributed by atoms with Crippen molar-refractivity contribution >= 4 is 28.8 Å². The Morgan fingerprint density at radius 2 is 1.79 bits per heavy atom. The third-order valence-corrected chi connectivity index (χ3v) is 5.55. The van der Waals surface area contributed by atoms with Crippen LogP contribution in [0, 0.1) is 0 Å². The summed E-state index contributed by atoms with van der Waals surface area (Å²) in [5, 5.41) is 2.84. The van der Waals surface area contributed by atoms with E-state index in [0.717, 1.165) is 35.7 Å². The fourth-order valence-corrected chi connectivity index (χ4v) is 3.67. The molecule has 0 radical (unpaired) electrons. The molecule has 2 aromatic rings. The summed E-state index contributed by atoms with van der Waals surface area (Å²) in [6.07, 6.45) is 4.58. The summed E-state index contributed by atoms with van der Waals surface area (Å²) in [5.41, 5.74) is 2.92. The molecule has 0 unspecified atom stereocenters. The van der Waals surface area contributed by atoms with E-state index in [1.165, 1.54) is 24.8 Å². The van der Waals surface area contributed by atoms with Gasteiger partial charge < -0.3 is 19.7 Å². The Bertz CT molecular complexity index is 846. The fraction of sp³-hybridized carbons (Fsp3) is 0.391. The number of thiocarbonyl (C=S) groups is 1. The zero-order chi connectivity index (χ0) is 20.6. The van der Waals surface area contributed by atoms with E-state index in [0.29, 0.717) is 11.5 Å². The Morgan fingerprint density at radius 3 is 2.45 bits per heavy atom. The number of carbonyl (C=O) groups is 1. The first-order valence-electron chi connectivity index (χ1n) is 10.1. The van der Waals surface area contributed by atoms with Gasteiger partial charge in [0.15, 0.2) is 18.1 Å². The van der Waals surface area contributed by atoms with Gasteiger partial charge in [-0.15, -0.1) is 0 Å². The van der Waals surface area contributed by atoms with E-state index in [1.54, 1.807) is 7.11 Å². The van der Waals surface area contributed by atoms with Crippen LogP contribution in [0.15, 0.2) is 42.5 Å². The highest BCUT2D eigenvalue weighted by atomic mass is 32.1. The molecule has 1 fully saturated rings. The number of likely N-dealkylation sites (tertiary alicyclic amines) is 1. The average molecular weight is 413 g/mol. The van der Waals surface area contributed by atoms with E-state index in [2.05, 4.69) is 17.1 Å². The number of benzene rings is 2. The Morgan fingerprint density at radius 1 is 1.07 bits per heavy atom. The lowest BCUT2D eigenvalue weighted by Gasteiger charge is -2.29. The highest BCUT2D eigenvalue weighted by Gasteiger charge is 2.17. The van der Waals surface area contributed by atoms with Gasteiger partial charge in [0, 0.05) is 24.3 Å². The smallest absolute Gasteiger partial charge is 0.262 e. The molecule has 3 rings (SSSR count). The van der Waals surface area contributed by atoms with Crippen molar-refractivity contribution in [2.45, 2.75) is 32.6 Å². The number of ether oxygens (including phenoxy) is 2. The minimum Gasteiger partial charge on any atom is -0.493 e. The van der Waals surface area contributed by atoms with Crippen molar-refractivity contribution in [3.05, 3.63) is 53.6 Å². The van der Waals surface area contributed by atoms with Crippen molar-refractivity contribution in [3.63, 3.8) is 0 Å². The Balaban J connectivity index is 1.59. The second kappa shape index (κ2) is 10.3. The first kappa shape index (κ1) is 21.1. The molecule has 6 heteroatoms. The van der Waals surface area contributed by atoms with Gasteiger partial charge in [-0.2, -0.15) is 0 Å². The number of carbonyl (C=O) groups excluding carboxylic acids is 1. The molecule has 0 aliphatic carbocycles. The van der Waals surface area contributed by atoms with E-state index in [9.17, 15) is 4.79 Å². The summed E-state index contributed by atoms with van der Waals surface area (Å²) < 4.78 is 11.2. The van der Waals surface area contributed by atoms with Gasteiger partial charge in [0.2, 0.25) is 0 Å². The summed E-state index contributed by atoms with van der Waals surface area (Å²) in [7, 11) is 1.59. The summed E-state index contributed by atoms with van der Waals surface area (Å²) in [6.45, 7) is 4.00. The van der Waals surface area contributed by atoms with E-state index < -0.39 is 0 Å². The summed E-state index contributed by atoms with van der Waals surface area (Å²) in [6, 6.07) is 13.4. The van der Waals surface area contributed by atoms with Crippen LogP contribution in [0.3, 0.4) is 0 Å². The van der Waals surface area contributed by atoms with E-state index in [1.807, 2.05) is 42.5 Å². The number of methoxy groups -OCH3 is 1. The number of rotatable bonds is 7. The van der Waals surface area contributed by atoms with Crippen LogP contribution in [-0.2, 0) is 11.2 Å². The van der Waals surface area contributed by atoms with Crippen LogP contribution < -0.4 is 14.8 Å². The molecule has 1 amide bonds. The van der Waals surface area contributed by atoms with Gasteiger partial charge >= 0.3 is 0 Å². The number of nitrogens with one attached hydrogen (secondary N) is 1. The second-order valence-electron chi connectivity index (χ2n) is 7.11. The van der Waals surface area contributed by atoms with Crippen molar-refractivity contribution in [1.29, 1.82) is 0 Å². The van der Waals surface area contributed by atoms with Crippen LogP contribution in [0.1, 0.15) is 37.3 Å². The molecule has 1 aliphatic rings. The predicted molar refractivity (Wildman–Crippen MR) is 120 cm³/mol. The van der Waals surface area contributed by atoms with Gasteiger partial charge in [-0.05, 0) is 61.6 Å². The highest BCUT2D eigenvalue weighted by molar-refractivity contribution is 7.80. The number of hydrogen-bond acceptors (Lipinski definition) is 4. The molecule has 0 spiro atoms. The minimum absolute atomic E-state index is 0.0954. The van der Waals surface area contributed by atoms with E-state index in [-0.39, 0.29) is 12.5 Å². The zero-order valence-electron chi connectivity index (χ0n) is 17.1. The third-order valence-electron chi connectivity index (χ3n) is 5.06. The molecule has 1 N–H and O–H groups in total. The maximum Gasteiger partial charge on any atom is 0.262 e. The van der Waals surface area contributed by atoms with Crippen molar-refractivity contribution in [2.75, 3.05) is 32.1 Å². The van der Waals surface area contributed by atoms with Crippen LogP contribution in [0.4, 0.5) is 5.69 Å². The van der Waals surface area contributed by atoms with Crippen molar-refractivity contribution in [3.8, 4) is 11.5 Å². The van der Waals surface area contributed by atoms with Crippen molar-refractivity contribution in [2.24, 2.45) is 0 Å². The molecule has 1 aliphatic heterocycles. The van der Waals surface area contributed by atoms with Crippen LogP contribution in [-0.4, -0.2) is 42.6 Å². The molecular weight excluding hydrogens is 384 g/mol. The lowest BCUT2D eigenvalue weighted by molar-refractivity contribution is -0.118. The monoisotopic (exact) mass is 412 g/mol. The normalized spacial score (nSPS) is 13.7. The van der Waals surface area contributed by atoms with Gasteiger partial charge in [0.25, 0.3) is 5.91 Å². The topological polar surface area (TPSA) is 50.8 Å². The number of anilines is 1. The average Bonchev–Trinajstić information content (AvgIpc) is 2.78. The van der Waals surface area contributed by atoms with Gasteiger partial charge in [-0.1, -0.05) is 31.3 Å². The van der Waals surface area contributed by atoms with E-state index in [4.69, 9.17) is 21.7 Å². The Labute approximate surface area is 178 Å². The molecule has 2 aromatic carbocycles. The lowest BCUT2D eigenvalue weighted by atomic mass is 10.1. The number of nitrogens with zero attached hydrogens (tertiary/aromatic N) is 1. The molecular formula is C23H28N2O3S. The van der Waals surface area contributed by atoms with Crippen LogP contribution in [0.25, 0.3) is 0 Å².